The molecule has 9 heteroatoms. The number of aryl methyl sites for hydroxylation is 1. The van der Waals surface area contributed by atoms with Gasteiger partial charge in [-0.3, -0.25) is 29.6 Å². The molecule has 5 rings (SSSR count). The normalized spacial score (nSPS) is 25.5. The number of amides is 1. The van der Waals surface area contributed by atoms with Crippen molar-refractivity contribution in [2.24, 2.45) is 16.6 Å². The Morgan fingerprint density at radius 3 is 2.67 bits per heavy atom. The van der Waals surface area contributed by atoms with Crippen molar-refractivity contribution in [1.82, 2.24) is 25.1 Å². The molecule has 0 aromatic carbocycles. The van der Waals surface area contributed by atoms with Crippen LogP contribution >= 0.6 is 0 Å². The third-order valence-electron chi connectivity index (χ3n) is 6.98. The molecule has 9 nitrogen and oxygen atoms in total. The van der Waals surface area contributed by atoms with E-state index in [1.165, 1.54) is 6.33 Å². The van der Waals surface area contributed by atoms with Gasteiger partial charge in [0, 0.05) is 54.0 Å². The smallest absolute Gasteiger partial charge is 0.221 e. The second-order valence-corrected chi connectivity index (χ2v) is 8.97. The number of aromatic amines is 1. The lowest BCUT2D eigenvalue weighted by Gasteiger charge is -2.38. The van der Waals surface area contributed by atoms with E-state index < -0.39 is 5.41 Å². The van der Waals surface area contributed by atoms with Crippen LogP contribution in [-0.2, 0) is 10.2 Å². The molecule has 4 heterocycles. The molecule has 168 valence electrons. The van der Waals surface area contributed by atoms with Crippen LogP contribution in [0, 0.1) is 12.8 Å². The summed E-state index contributed by atoms with van der Waals surface area (Å²) in [4.78, 5) is 42.1. The third kappa shape index (κ3) is 3.35. The summed E-state index contributed by atoms with van der Waals surface area (Å²) < 4.78 is 0. The molecule has 3 aromatic heterocycles. The number of hydrogen-bond donors (Lipinski definition) is 2. The standard InChI is InChI=1S/C24H25N7O2/c1-4-21(32)20-5-12(2)15(8-26-20)16-9-28-19-7-18(13-6-14(13)22(25)33)27-10-17(19)24(16,3)23-29-11-30-31-23/h5,7-11,13-14,16H,4,6H2,1-3H3,(H2,25,33)(H,29,30,31). The summed E-state index contributed by atoms with van der Waals surface area (Å²) in [6, 6.07) is 3.78. The van der Waals surface area contributed by atoms with Gasteiger partial charge in [0.2, 0.25) is 5.91 Å². The number of carbonyl (C=O) groups excluding carboxylic acids is 2. The summed E-state index contributed by atoms with van der Waals surface area (Å²) in [5.74, 6) is 0.0908. The predicted octanol–water partition coefficient (Wildman–Crippen LogP) is 2.89. The molecule has 4 unspecified atom stereocenters. The van der Waals surface area contributed by atoms with Crippen LogP contribution < -0.4 is 5.73 Å². The van der Waals surface area contributed by atoms with Crippen LogP contribution in [0.5, 0.6) is 0 Å². The minimum absolute atomic E-state index is 0.0105. The average molecular weight is 444 g/mol. The molecule has 3 N–H and O–H groups in total. The van der Waals surface area contributed by atoms with Gasteiger partial charge >= 0.3 is 0 Å². The molecule has 1 saturated carbocycles. The number of H-pyrrole nitrogens is 1. The molecule has 1 aliphatic heterocycles. The highest BCUT2D eigenvalue weighted by molar-refractivity contribution is 5.94. The van der Waals surface area contributed by atoms with Crippen molar-refractivity contribution in [2.75, 3.05) is 0 Å². The van der Waals surface area contributed by atoms with E-state index in [1.54, 1.807) is 6.20 Å². The summed E-state index contributed by atoms with van der Waals surface area (Å²) in [5.41, 5.74) is 9.71. The van der Waals surface area contributed by atoms with Crippen molar-refractivity contribution in [3.63, 3.8) is 0 Å². The number of hydrogen-bond acceptors (Lipinski definition) is 7. The van der Waals surface area contributed by atoms with Gasteiger partial charge in [-0.2, -0.15) is 5.10 Å². The lowest BCUT2D eigenvalue weighted by molar-refractivity contribution is -0.119. The second-order valence-electron chi connectivity index (χ2n) is 8.97. The van der Waals surface area contributed by atoms with Crippen molar-refractivity contribution in [1.29, 1.82) is 0 Å². The van der Waals surface area contributed by atoms with Crippen LogP contribution in [0.25, 0.3) is 0 Å². The zero-order valence-corrected chi connectivity index (χ0v) is 18.7. The molecule has 1 amide bonds. The van der Waals surface area contributed by atoms with Crippen LogP contribution in [0.15, 0.2) is 35.8 Å². The van der Waals surface area contributed by atoms with Crippen molar-refractivity contribution < 1.29 is 9.59 Å². The SMILES string of the molecule is CCC(=O)c1cc(C)c(C2C=Nc3cc(C4CC4C(N)=O)ncc3C2(C)c2ncn[nH]2)cn1. The number of aliphatic imine (C=N–C) groups is 1. The van der Waals surface area contributed by atoms with Crippen molar-refractivity contribution in [3.05, 3.63) is 64.8 Å². The van der Waals surface area contributed by atoms with Gasteiger partial charge in [0.25, 0.3) is 0 Å². The Morgan fingerprint density at radius 1 is 1.21 bits per heavy atom. The number of pyridine rings is 2. The van der Waals surface area contributed by atoms with E-state index in [0.717, 1.165) is 34.5 Å². The Balaban J connectivity index is 1.60. The van der Waals surface area contributed by atoms with Gasteiger partial charge in [-0.1, -0.05) is 6.92 Å². The van der Waals surface area contributed by atoms with Gasteiger partial charge in [0.15, 0.2) is 5.78 Å². The molecule has 2 aliphatic rings. The lowest BCUT2D eigenvalue weighted by atomic mass is 9.67. The van der Waals surface area contributed by atoms with Crippen LogP contribution in [-0.4, -0.2) is 43.1 Å². The minimum atomic E-state index is -0.644. The first kappa shape index (κ1) is 21.1. The number of primary amides is 1. The third-order valence-corrected chi connectivity index (χ3v) is 6.98. The Hall–Kier alpha value is -3.75. The van der Waals surface area contributed by atoms with Gasteiger partial charge in [-0.15, -0.1) is 0 Å². The molecule has 4 atom stereocenters. The van der Waals surface area contributed by atoms with E-state index in [0.29, 0.717) is 17.9 Å². The molecule has 0 bridgehead atoms. The number of ketones is 1. The number of Topliss-reactive ketones (excluding diaryl/α,β-unsaturated/α-hetero) is 1. The quantitative estimate of drug-likeness (QED) is 0.561. The van der Waals surface area contributed by atoms with E-state index in [2.05, 4.69) is 32.1 Å². The summed E-state index contributed by atoms with van der Waals surface area (Å²) in [6.07, 6.45) is 8.10. The summed E-state index contributed by atoms with van der Waals surface area (Å²) in [7, 11) is 0. The van der Waals surface area contributed by atoms with E-state index in [4.69, 9.17) is 10.7 Å². The maximum Gasteiger partial charge on any atom is 0.221 e. The fraction of sp³-hybridized carbons (Fsp3) is 0.375. The highest BCUT2D eigenvalue weighted by Crippen LogP contribution is 2.51. The molecule has 1 aliphatic carbocycles. The maximum atomic E-state index is 12.1. The van der Waals surface area contributed by atoms with Crippen molar-refractivity contribution in [3.8, 4) is 0 Å². The van der Waals surface area contributed by atoms with E-state index >= 15 is 0 Å². The van der Waals surface area contributed by atoms with Crippen molar-refractivity contribution >= 4 is 23.6 Å². The molecule has 0 spiro atoms. The van der Waals surface area contributed by atoms with Gasteiger partial charge in [0.1, 0.15) is 17.8 Å². The zero-order valence-electron chi connectivity index (χ0n) is 18.7. The number of rotatable bonds is 6. The summed E-state index contributed by atoms with van der Waals surface area (Å²) >= 11 is 0. The number of aromatic nitrogens is 5. The van der Waals surface area contributed by atoms with Crippen LogP contribution in [0.4, 0.5) is 5.69 Å². The Kier molecular flexibility index (Phi) is 4.92. The molecule has 0 saturated heterocycles. The molecule has 1 fully saturated rings. The average Bonchev–Trinajstić information content (AvgIpc) is 3.43. The molecular formula is C24H25N7O2. The minimum Gasteiger partial charge on any atom is -0.369 e. The topological polar surface area (TPSA) is 140 Å². The fourth-order valence-electron chi connectivity index (χ4n) is 4.83. The number of nitrogens with zero attached hydrogens (tertiary/aromatic N) is 5. The van der Waals surface area contributed by atoms with Crippen molar-refractivity contribution in [2.45, 2.75) is 50.9 Å². The number of carbonyl (C=O) groups is 2. The highest BCUT2D eigenvalue weighted by atomic mass is 16.1. The monoisotopic (exact) mass is 443 g/mol. The highest BCUT2D eigenvalue weighted by Gasteiger charge is 2.47. The number of nitrogens with two attached hydrogens (primary N) is 1. The summed E-state index contributed by atoms with van der Waals surface area (Å²) in [6.45, 7) is 5.89. The molecule has 3 aromatic rings. The molecular weight excluding hydrogens is 418 g/mol. The van der Waals surface area contributed by atoms with E-state index in [1.807, 2.05) is 38.4 Å². The van der Waals surface area contributed by atoms with Crippen LogP contribution in [0.2, 0.25) is 0 Å². The van der Waals surface area contributed by atoms with Gasteiger partial charge in [-0.25, -0.2) is 4.98 Å². The Bertz CT molecular complexity index is 1280. The van der Waals surface area contributed by atoms with Crippen LogP contribution in [0.1, 0.15) is 77.2 Å². The second kappa shape index (κ2) is 7.68. The van der Waals surface area contributed by atoms with E-state index in [-0.39, 0.29) is 29.4 Å². The first-order valence-corrected chi connectivity index (χ1v) is 11.0. The van der Waals surface area contributed by atoms with Crippen LogP contribution in [0.3, 0.4) is 0 Å². The van der Waals surface area contributed by atoms with Gasteiger partial charge < -0.3 is 5.73 Å². The van der Waals surface area contributed by atoms with E-state index in [9.17, 15) is 9.59 Å². The number of nitrogens with one attached hydrogen (secondary N) is 1. The molecule has 0 radical (unpaired) electrons. The zero-order chi connectivity index (χ0) is 23.3. The number of fused-ring (bicyclic) bond motifs is 1. The Labute approximate surface area is 191 Å². The maximum absolute atomic E-state index is 12.1. The largest absolute Gasteiger partial charge is 0.369 e. The Morgan fingerprint density at radius 2 is 2.03 bits per heavy atom. The lowest BCUT2D eigenvalue weighted by Crippen LogP contribution is -2.37. The first-order valence-electron chi connectivity index (χ1n) is 11.0. The first-order chi connectivity index (χ1) is 15.8. The summed E-state index contributed by atoms with van der Waals surface area (Å²) in [5, 5.41) is 7.12. The predicted molar refractivity (Wildman–Crippen MR) is 122 cm³/mol. The van der Waals surface area contributed by atoms with Gasteiger partial charge in [0.05, 0.1) is 11.1 Å². The fourth-order valence-corrected chi connectivity index (χ4v) is 4.83. The molecule has 33 heavy (non-hydrogen) atoms. The van der Waals surface area contributed by atoms with Gasteiger partial charge in [-0.05, 0) is 43.5 Å².